The van der Waals surface area contributed by atoms with E-state index >= 15 is 0 Å². The van der Waals surface area contributed by atoms with Crippen LogP contribution in [-0.2, 0) is 22.8 Å². The first-order valence-electron chi connectivity index (χ1n) is 7.10. The van der Waals surface area contributed by atoms with Crippen molar-refractivity contribution in [1.29, 1.82) is 0 Å². The van der Waals surface area contributed by atoms with Gasteiger partial charge in [0.15, 0.2) is 0 Å². The largest absolute Gasteiger partial charge is 0.360 e. The van der Waals surface area contributed by atoms with Gasteiger partial charge in [-0.15, -0.1) is 0 Å². The Kier molecular flexibility index (Phi) is 5.57. The van der Waals surface area contributed by atoms with E-state index < -0.39 is 0 Å². The molecule has 0 spiro atoms. The summed E-state index contributed by atoms with van der Waals surface area (Å²) in [6.07, 6.45) is 3.64. The molecule has 0 atom stereocenters. The maximum Gasteiger partial charge on any atom is 0.226 e. The normalized spacial score (nSPS) is 10.9. The Morgan fingerprint density at radius 3 is 2.86 bits per heavy atom. The summed E-state index contributed by atoms with van der Waals surface area (Å²) in [6.45, 7) is 7.12. The van der Waals surface area contributed by atoms with Crippen molar-refractivity contribution < 1.29 is 9.53 Å². The molecule has 0 bridgehead atoms. The molecule has 0 aliphatic heterocycles. The van der Waals surface area contributed by atoms with Crippen molar-refractivity contribution in [3.63, 3.8) is 0 Å². The zero-order chi connectivity index (χ0) is 16.1. The molecule has 0 saturated heterocycles. The van der Waals surface area contributed by atoms with E-state index in [4.69, 9.17) is 16.3 Å². The highest BCUT2D eigenvalue weighted by Crippen LogP contribution is 2.19. The second-order valence-electron chi connectivity index (χ2n) is 4.90. The molecule has 2 heterocycles. The number of ether oxygens (including phenoxy) is 1. The fourth-order valence-corrected chi connectivity index (χ4v) is 2.14. The van der Waals surface area contributed by atoms with Crippen LogP contribution in [-0.4, -0.2) is 32.1 Å². The number of nitrogens with one attached hydrogen (secondary N) is 1. The minimum absolute atomic E-state index is 0.0976. The average molecular weight is 326 g/mol. The highest BCUT2D eigenvalue weighted by molar-refractivity contribution is 6.31. The summed E-state index contributed by atoms with van der Waals surface area (Å²) < 4.78 is 8.60. The summed E-state index contributed by atoms with van der Waals surface area (Å²) in [5, 5.41) is 11.8. The van der Waals surface area contributed by atoms with Crippen molar-refractivity contribution >= 4 is 23.2 Å². The Labute approximate surface area is 134 Å². The van der Waals surface area contributed by atoms with Crippen LogP contribution in [0.4, 0.5) is 5.69 Å². The number of amides is 1. The Bertz CT molecular complexity index is 650. The number of aryl methyl sites for hydroxylation is 2. The third-order valence-electron chi connectivity index (χ3n) is 3.19. The van der Waals surface area contributed by atoms with Crippen LogP contribution in [0.25, 0.3) is 0 Å². The first-order chi connectivity index (χ1) is 10.5. The summed E-state index contributed by atoms with van der Waals surface area (Å²) in [6, 6.07) is 0. The molecule has 0 aliphatic carbocycles. The van der Waals surface area contributed by atoms with E-state index in [2.05, 4.69) is 15.5 Å². The number of nitrogens with zero attached hydrogens (tertiary/aromatic N) is 4. The van der Waals surface area contributed by atoms with Gasteiger partial charge in [-0.2, -0.15) is 10.2 Å². The number of rotatable bonds is 7. The third-order valence-corrected chi connectivity index (χ3v) is 3.74. The van der Waals surface area contributed by atoms with E-state index in [1.165, 1.54) is 0 Å². The number of halogens is 1. The molecular formula is C14H20ClN5O2. The van der Waals surface area contributed by atoms with E-state index in [9.17, 15) is 4.79 Å². The number of carbonyl (C=O) groups excluding carboxylic acids is 1. The van der Waals surface area contributed by atoms with Crippen LogP contribution in [0.2, 0.25) is 5.02 Å². The lowest BCUT2D eigenvalue weighted by Gasteiger charge is -2.05. The second kappa shape index (κ2) is 7.42. The predicted molar refractivity (Wildman–Crippen MR) is 83.8 cm³/mol. The molecule has 0 fully saturated rings. The zero-order valence-electron chi connectivity index (χ0n) is 13.0. The topological polar surface area (TPSA) is 74.0 Å². The standard InChI is InChI=1S/C14H20ClN5O2/c1-4-22-9-19-8-12(7-16-19)17-13(21)5-6-20-11(3)14(15)10(2)18-20/h7-8H,4-6,9H2,1-3H3,(H,17,21). The van der Waals surface area contributed by atoms with Crippen LogP contribution >= 0.6 is 11.6 Å². The van der Waals surface area contributed by atoms with E-state index in [1.807, 2.05) is 20.8 Å². The Balaban J connectivity index is 1.85. The predicted octanol–water partition coefficient (Wildman–Crippen LogP) is 2.37. The molecule has 0 saturated carbocycles. The monoisotopic (exact) mass is 325 g/mol. The molecular weight excluding hydrogens is 306 g/mol. The molecule has 7 nitrogen and oxygen atoms in total. The molecule has 120 valence electrons. The van der Waals surface area contributed by atoms with Crippen molar-refractivity contribution in [2.75, 3.05) is 11.9 Å². The molecule has 1 amide bonds. The maximum absolute atomic E-state index is 12.0. The number of carbonyl (C=O) groups is 1. The average Bonchev–Trinajstić information content (AvgIpc) is 3.03. The fourth-order valence-electron chi connectivity index (χ4n) is 2.01. The molecule has 0 aromatic carbocycles. The van der Waals surface area contributed by atoms with Crippen molar-refractivity contribution in [3.05, 3.63) is 28.8 Å². The van der Waals surface area contributed by atoms with Crippen LogP contribution in [0.15, 0.2) is 12.4 Å². The van der Waals surface area contributed by atoms with E-state index in [0.717, 1.165) is 11.4 Å². The van der Waals surface area contributed by atoms with Crippen LogP contribution in [0.1, 0.15) is 24.7 Å². The summed E-state index contributed by atoms with van der Waals surface area (Å²) in [4.78, 5) is 12.0. The van der Waals surface area contributed by atoms with Gasteiger partial charge in [-0.3, -0.25) is 9.48 Å². The molecule has 2 aromatic rings. The summed E-state index contributed by atoms with van der Waals surface area (Å²) in [5.74, 6) is -0.0976. The highest BCUT2D eigenvalue weighted by Gasteiger charge is 2.11. The van der Waals surface area contributed by atoms with Gasteiger partial charge in [-0.05, 0) is 20.8 Å². The van der Waals surface area contributed by atoms with Crippen molar-refractivity contribution in [3.8, 4) is 0 Å². The molecule has 22 heavy (non-hydrogen) atoms. The smallest absolute Gasteiger partial charge is 0.226 e. The number of hydrogen-bond acceptors (Lipinski definition) is 4. The summed E-state index contributed by atoms with van der Waals surface area (Å²) >= 11 is 6.08. The molecule has 2 rings (SSSR count). The van der Waals surface area contributed by atoms with Crippen LogP contribution < -0.4 is 5.32 Å². The SMILES string of the molecule is CCOCn1cc(NC(=O)CCn2nc(C)c(Cl)c2C)cn1. The van der Waals surface area contributed by atoms with Gasteiger partial charge in [0.25, 0.3) is 0 Å². The maximum atomic E-state index is 12.0. The molecule has 0 radical (unpaired) electrons. The van der Waals surface area contributed by atoms with Gasteiger partial charge in [0.1, 0.15) is 6.73 Å². The Hall–Kier alpha value is -1.86. The molecule has 8 heteroatoms. The number of anilines is 1. The number of hydrogen-bond donors (Lipinski definition) is 1. The van der Waals surface area contributed by atoms with Gasteiger partial charge < -0.3 is 10.1 Å². The van der Waals surface area contributed by atoms with Gasteiger partial charge in [0, 0.05) is 13.0 Å². The zero-order valence-corrected chi connectivity index (χ0v) is 13.7. The van der Waals surface area contributed by atoms with Crippen LogP contribution in [0.3, 0.4) is 0 Å². The van der Waals surface area contributed by atoms with Gasteiger partial charge in [-0.1, -0.05) is 11.6 Å². The second-order valence-corrected chi connectivity index (χ2v) is 5.27. The van der Waals surface area contributed by atoms with E-state index in [1.54, 1.807) is 21.8 Å². The van der Waals surface area contributed by atoms with Gasteiger partial charge in [-0.25, -0.2) is 4.68 Å². The Morgan fingerprint density at radius 1 is 1.45 bits per heavy atom. The molecule has 0 unspecified atom stereocenters. The van der Waals surface area contributed by atoms with Gasteiger partial charge in [0.2, 0.25) is 5.91 Å². The van der Waals surface area contributed by atoms with E-state index in [0.29, 0.717) is 37.0 Å². The van der Waals surface area contributed by atoms with Crippen molar-refractivity contribution in [2.24, 2.45) is 0 Å². The third kappa shape index (κ3) is 4.08. The first-order valence-corrected chi connectivity index (χ1v) is 7.48. The first kappa shape index (κ1) is 16.5. The Morgan fingerprint density at radius 2 is 2.23 bits per heavy atom. The van der Waals surface area contributed by atoms with Gasteiger partial charge in [0.05, 0.1) is 41.0 Å². The molecule has 0 aliphatic rings. The quantitative estimate of drug-likeness (QED) is 0.848. The lowest BCUT2D eigenvalue weighted by molar-refractivity contribution is -0.116. The van der Waals surface area contributed by atoms with Crippen molar-refractivity contribution in [2.45, 2.75) is 40.5 Å². The lowest BCUT2D eigenvalue weighted by Crippen LogP contribution is -2.15. The van der Waals surface area contributed by atoms with E-state index in [-0.39, 0.29) is 5.91 Å². The van der Waals surface area contributed by atoms with Gasteiger partial charge >= 0.3 is 0 Å². The van der Waals surface area contributed by atoms with Crippen molar-refractivity contribution in [1.82, 2.24) is 19.6 Å². The number of aromatic nitrogens is 4. The molecule has 2 aromatic heterocycles. The molecule has 1 N–H and O–H groups in total. The highest BCUT2D eigenvalue weighted by atomic mass is 35.5. The minimum atomic E-state index is -0.0976. The fraction of sp³-hybridized carbons (Fsp3) is 0.500. The van der Waals surface area contributed by atoms with Crippen LogP contribution in [0, 0.1) is 13.8 Å². The van der Waals surface area contributed by atoms with Crippen LogP contribution in [0.5, 0.6) is 0 Å². The minimum Gasteiger partial charge on any atom is -0.360 e. The summed E-state index contributed by atoms with van der Waals surface area (Å²) in [7, 11) is 0. The summed E-state index contributed by atoms with van der Waals surface area (Å²) in [5.41, 5.74) is 2.30. The lowest BCUT2D eigenvalue weighted by atomic mass is 10.3.